The van der Waals surface area contributed by atoms with Crippen LogP contribution in [0.5, 0.6) is 5.88 Å². The van der Waals surface area contributed by atoms with Crippen molar-refractivity contribution in [2.24, 2.45) is 0 Å². The van der Waals surface area contributed by atoms with Gasteiger partial charge < -0.3 is 25.3 Å². The van der Waals surface area contributed by atoms with Gasteiger partial charge in [0.25, 0.3) is 17.7 Å². The van der Waals surface area contributed by atoms with E-state index < -0.39 is 29.7 Å². The lowest BCUT2D eigenvalue weighted by Gasteiger charge is -2.15. The number of rotatable bonds is 7. The van der Waals surface area contributed by atoms with E-state index in [4.69, 9.17) is 9.52 Å². The molecule has 38 heavy (non-hydrogen) atoms. The third-order valence-corrected chi connectivity index (χ3v) is 5.84. The van der Waals surface area contributed by atoms with Crippen LogP contribution in [0.1, 0.15) is 61.3 Å². The molecule has 0 saturated carbocycles. The third kappa shape index (κ3) is 4.72. The smallest absolute Gasteiger partial charge is 0.335 e. The molecule has 1 atom stereocenters. The van der Waals surface area contributed by atoms with Gasteiger partial charge in [0.1, 0.15) is 16.9 Å². The van der Waals surface area contributed by atoms with Crippen molar-refractivity contribution in [3.63, 3.8) is 0 Å². The highest BCUT2D eigenvalue weighted by Gasteiger charge is 2.22. The Labute approximate surface area is 214 Å². The number of nitrogens with zero attached hydrogens (tertiary/aromatic N) is 5. The van der Waals surface area contributed by atoms with E-state index in [9.17, 15) is 19.5 Å². The van der Waals surface area contributed by atoms with Gasteiger partial charge >= 0.3 is 5.97 Å². The predicted molar refractivity (Wildman–Crippen MR) is 132 cm³/mol. The fraction of sp³-hybridized carbons (Fsp3) is 0.160. The molecule has 0 radical (unpaired) electrons. The van der Waals surface area contributed by atoms with Gasteiger partial charge in [-0.25, -0.2) is 14.8 Å². The van der Waals surface area contributed by atoms with Gasteiger partial charge in [-0.15, -0.1) is 0 Å². The van der Waals surface area contributed by atoms with Crippen molar-refractivity contribution < 1.29 is 29.0 Å². The topological polar surface area (TPSA) is 185 Å². The Bertz CT molecular complexity index is 1710. The lowest BCUT2D eigenvalue weighted by atomic mass is 10.1. The molecule has 5 rings (SSSR count). The van der Waals surface area contributed by atoms with E-state index in [0.717, 1.165) is 10.1 Å². The summed E-state index contributed by atoms with van der Waals surface area (Å²) in [6.45, 7) is 3.61. The number of carbonyl (C=O) groups excluding carboxylic acids is 2. The van der Waals surface area contributed by atoms with Crippen LogP contribution in [0.4, 0.5) is 0 Å². The molecule has 13 nitrogen and oxygen atoms in total. The summed E-state index contributed by atoms with van der Waals surface area (Å²) in [5, 5.41) is 32.0. The van der Waals surface area contributed by atoms with Crippen molar-refractivity contribution in [2.45, 2.75) is 26.4 Å². The minimum absolute atomic E-state index is 0.0650. The molecule has 0 saturated heterocycles. The molecule has 0 spiro atoms. The molecule has 192 valence electrons. The highest BCUT2D eigenvalue weighted by Crippen LogP contribution is 2.19. The molecule has 2 aromatic carbocycles. The van der Waals surface area contributed by atoms with E-state index in [1.165, 1.54) is 18.2 Å². The average molecular weight is 515 g/mol. The Balaban J connectivity index is 1.36. The Morgan fingerprint density at radius 2 is 1.82 bits per heavy atom. The number of aromatic hydroxyl groups is 1. The number of carboxylic acids is 1. The molecule has 0 unspecified atom stereocenters. The van der Waals surface area contributed by atoms with E-state index in [1.54, 1.807) is 44.2 Å². The Morgan fingerprint density at radius 1 is 1.05 bits per heavy atom. The lowest BCUT2D eigenvalue weighted by Crippen LogP contribution is -2.30. The molecule has 4 N–H and O–H groups in total. The zero-order chi connectivity index (χ0) is 27.0. The Hall–Kier alpha value is -5.33. The van der Waals surface area contributed by atoms with Crippen LogP contribution in [-0.4, -0.2) is 52.8 Å². The Kier molecular flexibility index (Phi) is 6.16. The first-order chi connectivity index (χ1) is 18.2. The number of aryl methyl sites for hydroxylation is 1. The summed E-state index contributed by atoms with van der Waals surface area (Å²) in [5.41, 5.74) is 2.47. The fourth-order valence-electron chi connectivity index (χ4n) is 3.88. The summed E-state index contributed by atoms with van der Waals surface area (Å²) < 4.78 is 6.51. The highest BCUT2D eigenvalue weighted by molar-refractivity contribution is 5.98. The molecule has 2 amide bonds. The molecular weight excluding hydrogens is 494 g/mol. The second-order valence-corrected chi connectivity index (χ2v) is 8.52. The molecule has 0 fully saturated rings. The van der Waals surface area contributed by atoms with E-state index >= 15 is 0 Å². The number of benzene rings is 2. The van der Waals surface area contributed by atoms with Crippen LogP contribution < -0.4 is 10.6 Å². The minimum atomic E-state index is -1.06. The summed E-state index contributed by atoms with van der Waals surface area (Å²) in [5.74, 6) is -2.27. The van der Waals surface area contributed by atoms with Crippen LogP contribution >= 0.6 is 0 Å². The average Bonchev–Trinajstić information content (AvgIpc) is 3.47. The van der Waals surface area contributed by atoms with Crippen LogP contribution in [-0.2, 0) is 6.54 Å². The fourth-order valence-corrected chi connectivity index (χ4v) is 3.88. The first-order valence-electron chi connectivity index (χ1n) is 11.4. The monoisotopic (exact) mass is 515 g/mol. The maximum Gasteiger partial charge on any atom is 0.335 e. The maximum atomic E-state index is 13.1. The van der Waals surface area contributed by atoms with Crippen LogP contribution in [0.15, 0.2) is 52.9 Å². The zero-order valence-electron chi connectivity index (χ0n) is 20.2. The van der Waals surface area contributed by atoms with Gasteiger partial charge in [-0.2, -0.15) is 4.52 Å². The number of fused-ring (bicyclic) bond motifs is 2. The number of hydrogen-bond acceptors (Lipinski definition) is 9. The largest absolute Gasteiger partial charge is 0.489 e. The molecule has 0 aliphatic heterocycles. The summed E-state index contributed by atoms with van der Waals surface area (Å²) >= 11 is 0. The van der Waals surface area contributed by atoms with Gasteiger partial charge in [-0.3, -0.25) is 9.59 Å². The number of nitrogens with one attached hydrogen (secondary N) is 2. The maximum absolute atomic E-state index is 13.1. The molecule has 0 aliphatic rings. The quantitative estimate of drug-likeness (QED) is 0.251. The number of hydrogen-bond donors (Lipinski definition) is 4. The van der Waals surface area contributed by atoms with Crippen molar-refractivity contribution in [2.75, 3.05) is 0 Å². The van der Waals surface area contributed by atoms with Gasteiger partial charge in [-0.1, -0.05) is 28.5 Å². The van der Waals surface area contributed by atoms with Gasteiger partial charge in [0, 0.05) is 19.5 Å². The molecule has 0 aliphatic carbocycles. The first kappa shape index (κ1) is 24.4. The lowest BCUT2D eigenvalue weighted by molar-refractivity contribution is 0.0696. The standard InChI is InChI=1S/C25H21N7O6/c1-12(15-4-6-16(7-5-15)25(36)37)27-22(33)18-10-19(32-21(29-18)24(35)30-31-32)23(34)26-11-14-3-8-20-17(9-14)28-13(2)38-20/h3-10,12,35H,11H2,1-2H3,(H,26,34)(H,27,33)(H,36,37)/t12-/m0/s1. The number of amides is 2. The number of aromatic nitrogens is 5. The highest BCUT2D eigenvalue weighted by atomic mass is 16.4. The first-order valence-corrected chi connectivity index (χ1v) is 11.4. The van der Waals surface area contributed by atoms with Crippen LogP contribution in [0.25, 0.3) is 16.7 Å². The third-order valence-electron chi connectivity index (χ3n) is 5.84. The van der Waals surface area contributed by atoms with Gasteiger partial charge in [0.15, 0.2) is 11.5 Å². The minimum Gasteiger partial charge on any atom is -0.489 e. The molecule has 5 aromatic rings. The normalized spacial score (nSPS) is 11.9. The van der Waals surface area contributed by atoms with Crippen molar-refractivity contribution in [3.8, 4) is 5.88 Å². The summed E-state index contributed by atoms with van der Waals surface area (Å²) in [6.07, 6.45) is 0. The summed E-state index contributed by atoms with van der Waals surface area (Å²) in [4.78, 5) is 45.6. The Morgan fingerprint density at radius 3 is 2.55 bits per heavy atom. The summed E-state index contributed by atoms with van der Waals surface area (Å²) in [7, 11) is 0. The van der Waals surface area contributed by atoms with Gasteiger partial charge in [-0.05, 0) is 42.3 Å². The van der Waals surface area contributed by atoms with Gasteiger partial charge in [0.05, 0.1) is 11.6 Å². The molecule has 0 bridgehead atoms. The van der Waals surface area contributed by atoms with E-state index in [2.05, 4.69) is 30.9 Å². The van der Waals surface area contributed by atoms with Crippen LogP contribution in [0.3, 0.4) is 0 Å². The summed E-state index contributed by atoms with van der Waals surface area (Å²) in [6, 6.07) is 12.1. The van der Waals surface area contributed by atoms with Crippen LogP contribution in [0, 0.1) is 6.92 Å². The SMILES string of the molecule is Cc1nc2cc(CNC(=O)c3cc(C(=O)N[C@@H](C)c4ccc(C(=O)O)cc4)nc4c(O)nnn34)ccc2o1. The molecule has 3 heterocycles. The van der Waals surface area contributed by atoms with Crippen molar-refractivity contribution in [1.29, 1.82) is 0 Å². The van der Waals surface area contributed by atoms with Crippen molar-refractivity contribution >= 4 is 34.5 Å². The van der Waals surface area contributed by atoms with Gasteiger partial charge in [0.2, 0.25) is 5.65 Å². The number of carbonyl (C=O) groups is 3. The molecule has 13 heteroatoms. The molecular formula is C25H21N7O6. The molecule has 3 aromatic heterocycles. The van der Waals surface area contributed by atoms with E-state index in [1.807, 2.05) is 0 Å². The second kappa shape index (κ2) is 9.61. The second-order valence-electron chi connectivity index (χ2n) is 8.52. The number of carboxylic acid groups (broad SMARTS) is 1. The van der Waals surface area contributed by atoms with E-state index in [0.29, 0.717) is 22.6 Å². The van der Waals surface area contributed by atoms with Crippen molar-refractivity contribution in [1.82, 2.24) is 35.4 Å². The zero-order valence-corrected chi connectivity index (χ0v) is 20.2. The van der Waals surface area contributed by atoms with Crippen molar-refractivity contribution in [3.05, 3.63) is 82.5 Å². The number of aromatic carboxylic acids is 1. The van der Waals surface area contributed by atoms with E-state index in [-0.39, 0.29) is 29.1 Å². The van der Waals surface area contributed by atoms with Crippen LogP contribution in [0.2, 0.25) is 0 Å². The predicted octanol–water partition coefficient (Wildman–Crippen LogP) is 2.40. The number of oxazole rings is 1.